The van der Waals surface area contributed by atoms with Crippen LogP contribution in [0.2, 0.25) is 10.0 Å². The Kier molecular flexibility index (Phi) is 6.28. The average molecular weight is 439 g/mol. The highest BCUT2D eigenvalue weighted by Gasteiger charge is 2.18. The molecule has 0 bridgehead atoms. The minimum absolute atomic E-state index is 0.148. The third-order valence-electron chi connectivity index (χ3n) is 3.84. The van der Waals surface area contributed by atoms with Crippen LogP contribution >= 0.6 is 34.5 Å². The summed E-state index contributed by atoms with van der Waals surface area (Å²) >= 11 is 13.3. The Morgan fingerprint density at radius 2 is 1.86 bits per heavy atom. The highest BCUT2D eigenvalue weighted by Crippen LogP contribution is 2.38. The molecule has 146 valence electrons. The second kappa shape index (κ2) is 8.68. The Hall–Kier alpha value is -2.48. The summed E-state index contributed by atoms with van der Waals surface area (Å²) in [6.07, 6.45) is -0.148. The number of aliphatic carboxylic acids is 1. The van der Waals surface area contributed by atoms with Crippen LogP contribution < -0.4 is 14.8 Å². The number of nitrogens with zero attached hydrogens (tertiary/aromatic N) is 1. The Bertz CT molecular complexity index is 1020. The van der Waals surface area contributed by atoms with Gasteiger partial charge in [0.2, 0.25) is 0 Å². The van der Waals surface area contributed by atoms with Crippen molar-refractivity contribution in [3.05, 3.63) is 51.3 Å². The molecule has 2 aromatic carbocycles. The van der Waals surface area contributed by atoms with Crippen LogP contribution in [-0.2, 0) is 11.2 Å². The van der Waals surface area contributed by atoms with Crippen molar-refractivity contribution < 1.29 is 19.4 Å². The second-order valence-electron chi connectivity index (χ2n) is 5.68. The van der Waals surface area contributed by atoms with E-state index in [0.29, 0.717) is 42.9 Å². The lowest BCUT2D eigenvalue weighted by Gasteiger charge is -2.09. The van der Waals surface area contributed by atoms with Gasteiger partial charge in [0.1, 0.15) is 0 Å². The molecule has 0 amide bonds. The maximum Gasteiger partial charge on any atom is 0.308 e. The van der Waals surface area contributed by atoms with Crippen LogP contribution in [0.3, 0.4) is 0 Å². The number of thiazole rings is 1. The van der Waals surface area contributed by atoms with Gasteiger partial charge in [-0.15, -0.1) is 11.3 Å². The quantitative estimate of drug-likeness (QED) is 0.506. The van der Waals surface area contributed by atoms with Gasteiger partial charge in [0.15, 0.2) is 16.6 Å². The van der Waals surface area contributed by atoms with E-state index in [1.165, 1.54) is 18.4 Å². The van der Waals surface area contributed by atoms with Crippen molar-refractivity contribution in [3.63, 3.8) is 0 Å². The Morgan fingerprint density at radius 1 is 1.11 bits per heavy atom. The third kappa shape index (κ3) is 4.49. The molecule has 3 rings (SSSR count). The molecule has 28 heavy (non-hydrogen) atoms. The lowest BCUT2D eigenvalue weighted by molar-refractivity contribution is -0.136. The van der Waals surface area contributed by atoms with Gasteiger partial charge in [0.05, 0.1) is 36.4 Å². The van der Waals surface area contributed by atoms with Crippen LogP contribution in [-0.4, -0.2) is 30.3 Å². The Morgan fingerprint density at radius 3 is 2.50 bits per heavy atom. The molecule has 6 nitrogen and oxygen atoms in total. The van der Waals surface area contributed by atoms with E-state index in [-0.39, 0.29) is 6.42 Å². The first-order chi connectivity index (χ1) is 13.4. The fraction of sp³-hybridized carbons (Fsp3) is 0.158. The van der Waals surface area contributed by atoms with Crippen molar-refractivity contribution in [1.29, 1.82) is 0 Å². The molecule has 0 saturated heterocycles. The molecule has 0 saturated carbocycles. The van der Waals surface area contributed by atoms with E-state index < -0.39 is 5.97 Å². The van der Waals surface area contributed by atoms with Gasteiger partial charge in [-0.05, 0) is 36.4 Å². The molecule has 1 heterocycles. The maximum atomic E-state index is 11.3. The van der Waals surface area contributed by atoms with E-state index in [2.05, 4.69) is 10.3 Å². The molecule has 9 heteroatoms. The monoisotopic (exact) mass is 438 g/mol. The van der Waals surface area contributed by atoms with Crippen molar-refractivity contribution in [2.75, 3.05) is 19.5 Å². The molecule has 3 aromatic rings. The van der Waals surface area contributed by atoms with Crippen molar-refractivity contribution in [2.24, 2.45) is 0 Å². The van der Waals surface area contributed by atoms with Crippen LogP contribution in [0.1, 0.15) is 4.88 Å². The minimum atomic E-state index is -0.938. The summed E-state index contributed by atoms with van der Waals surface area (Å²) < 4.78 is 10.6. The first-order valence-electron chi connectivity index (χ1n) is 8.07. The van der Waals surface area contributed by atoms with Gasteiger partial charge < -0.3 is 19.9 Å². The van der Waals surface area contributed by atoms with Crippen LogP contribution in [0.4, 0.5) is 10.8 Å². The number of methoxy groups -OCH3 is 2. The molecule has 0 aliphatic rings. The van der Waals surface area contributed by atoms with E-state index in [4.69, 9.17) is 32.7 Å². The topological polar surface area (TPSA) is 80.7 Å². The summed E-state index contributed by atoms with van der Waals surface area (Å²) in [4.78, 5) is 16.5. The lowest BCUT2D eigenvalue weighted by atomic mass is 10.1. The molecule has 0 atom stereocenters. The summed E-state index contributed by atoms with van der Waals surface area (Å²) in [5, 5.41) is 13.8. The number of halogens is 2. The van der Waals surface area contributed by atoms with E-state index >= 15 is 0 Å². The van der Waals surface area contributed by atoms with E-state index in [9.17, 15) is 9.90 Å². The van der Waals surface area contributed by atoms with Crippen LogP contribution in [0.15, 0.2) is 36.4 Å². The number of nitrogens with one attached hydrogen (secondary N) is 1. The number of rotatable bonds is 7. The van der Waals surface area contributed by atoms with Gasteiger partial charge in [-0.25, -0.2) is 4.98 Å². The minimum Gasteiger partial charge on any atom is -0.493 e. The number of benzene rings is 2. The van der Waals surface area contributed by atoms with Crippen LogP contribution in [0, 0.1) is 0 Å². The summed E-state index contributed by atoms with van der Waals surface area (Å²) in [5.41, 5.74) is 1.99. The number of ether oxygens (including phenoxy) is 2. The van der Waals surface area contributed by atoms with Crippen molar-refractivity contribution >= 4 is 51.3 Å². The third-order valence-corrected chi connectivity index (χ3v) is 5.55. The molecule has 0 radical (unpaired) electrons. The highest BCUT2D eigenvalue weighted by molar-refractivity contribution is 7.16. The molecule has 0 unspecified atom stereocenters. The van der Waals surface area contributed by atoms with Gasteiger partial charge >= 0.3 is 5.97 Å². The molecule has 0 aliphatic carbocycles. The zero-order valence-electron chi connectivity index (χ0n) is 15.0. The predicted molar refractivity (Wildman–Crippen MR) is 112 cm³/mol. The van der Waals surface area contributed by atoms with Gasteiger partial charge in [-0.2, -0.15) is 0 Å². The van der Waals surface area contributed by atoms with Crippen molar-refractivity contribution in [3.8, 4) is 22.8 Å². The van der Waals surface area contributed by atoms with E-state index in [1.54, 1.807) is 37.4 Å². The number of hydrogen-bond donors (Lipinski definition) is 2. The average Bonchev–Trinajstić information content (AvgIpc) is 3.05. The predicted octanol–water partition coefficient (Wildman–Crippen LogP) is 5.50. The van der Waals surface area contributed by atoms with Gasteiger partial charge in [-0.1, -0.05) is 23.2 Å². The molecule has 1 aromatic heterocycles. The standard InChI is InChI=1S/C19H16Cl2N2O4S/c1-26-14-6-3-10(7-15(14)27-2)18-16(9-17(24)25)28-19(23-18)22-11-4-5-12(20)13(21)8-11/h3-8H,9H2,1-2H3,(H,22,23)(H,24,25). The number of carbonyl (C=O) groups is 1. The SMILES string of the molecule is COc1ccc(-c2nc(Nc3ccc(Cl)c(Cl)c3)sc2CC(=O)O)cc1OC. The van der Waals surface area contributed by atoms with E-state index in [1.807, 2.05) is 6.07 Å². The number of anilines is 2. The van der Waals surface area contributed by atoms with Crippen LogP contribution in [0.25, 0.3) is 11.3 Å². The fourth-order valence-electron chi connectivity index (χ4n) is 2.57. The summed E-state index contributed by atoms with van der Waals surface area (Å²) in [5.74, 6) is 0.176. The van der Waals surface area contributed by atoms with Gasteiger partial charge in [0.25, 0.3) is 0 Å². The van der Waals surface area contributed by atoms with Gasteiger partial charge in [0, 0.05) is 16.1 Å². The summed E-state index contributed by atoms with van der Waals surface area (Å²) in [6.45, 7) is 0. The maximum absolute atomic E-state index is 11.3. The second-order valence-corrected chi connectivity index (χ2v) is 7.58. The van der Waals surface area contributed by atoms with Crippen molar-refractivity contribution in [2.45, 2.75) is 6.42 Å². The number of hydrogen-bond acceptors (Lipinski definition) is 6. The zero-order chi connectivity index (χ0) is 20.3. The zero-order valence-corrected chi connectivity index (χ0v) is 17.3. The molecular formula is C19H16Cl2N2O4S. The number of carboxylic acid groups (broad SMARTS) is 1. The lowest BCUT2D eigenvalue weighted by Crippen LogP contribution is -1.99. The smallest absolute Gasteiger partial charge is 0.308 e. The first kappa shape index (κ1) is 20.3. The number of carboxylic acids is 1. The fourth-order valence-corrected chi connectivity index (χ4v) is 3.86. The highest BCUT2D eigenvalue weighted by atomic mass is 35.5. The normalized spacial score (nSPS) is 10.6. The molecular weight excluding hydrogens is 423 g/mol. The Balaban J connectivity index is 2.00. The molecule has 0 fully saturated rings. The molecule has 0 spiro atoms. The van der Waals surface area contributed by atoms with E-state index in [0.717, 1.165) is 5.56 Å². The largest absolute Gasteiger partial charge is 0.493 e. The first-order valence-corrected chi connectivity index (χ1v) is 9.64. The van der Waals surface area contributed by atoms with Crippen molar-refractivity contribution in [1.82, 2.24) is 4.98 Å². The number of aromatic nitrogens is 1. The summed E-state index contributed by atoms with van der Waals surface area (Å²) in [6, 6.07) is 10.4. The van der Waals surface area contributed by atoms with Crippen LogP contribution in [0.5, 0.6) is 11.5 Å². The Labute approximate surface area is 175 Å². The molecule has 2 N–H and O–H groups in total. The summed E-state index contributed by atoms with van der Waals surface area (Å²) in [7, 11) is 3.09. The molecule has 0 aliphatic heterocycles. The van der Waals surface area contributed by atoms with Gasteiger partial charge in [-0.3, -0.25) is 4.79 Å².